The molecule has 1 aromatic carbocycles. The van der Waals surface area contributed by atoms with E-state index >= 15 is 0 Å². The number of nitrogens with one attached hydrogen (secondary N) is 1. The van der Waals surface area contributed by atoms with Crippen molar-refractivity contribution < 1.29 is 0 Å². The van der Waals surface area contributed by atoms with Crippen LogP contribution in [0.25, 0.3) is 10.9 Å². The van der Waals surface area contributed by atoms with Crippen molar-refractivity contribution in [1.82, 2.24) is 10.3 Å². The minimum absolute atomic E-state index is 0.945. The fourth-order valence-electron chi connectivity index (χ4n) is 1.97. The molecule has 0 spiro atoms. The molecule has 0 saturated heterocycles. The Bertz CT molecular complexity index is 534. The highest BCUT2D eigenvalue weighted by atomic mass is 14.8. The van der Waals surface area contributed by atoms with Gasteiger partial charge in [0.05, 0.1) is 5.52 Å². The average Bonchev–Trinajstić information content (AvgIpc) is 2.38. The summed E-state index contributed by atoms with van der Waals surface area (Å²) in [5.74, 6) is 0. The third-order valence-electron chi connectivity index (χ3n) is 2.94. The molecule has 2 nitrogen and oxygen atoms in total. The first-order valence-electron chi connectivity index (χ1n) is 6.44. The Kier molecular flexibility index (Phi) is 4.48. The number of hydrogen-bond acceptors (Lipinski definition) is 2. The summed E-state index contributed by atoms with van der Waals surface area (Å²) in [7, 11) is 0. The Morgan fingerprint density at radius 2 is 2.06 bits per heavy atom. The maximum Gasteiger partial charge on any atom is 0.0734 e. The summed E-state index contributed by atoms with van der Waals surface area (Å²) in [4.78, 5) is 4.47. The van der Waals surface area contributed by atoms with Gasteiger partial charge >= 0.3 is 0 Å². The van der Waals surface area contributed by atoms with Gasteiger partial charge in [-0.3, -0.25) is 4.98 Å². The highest BCUT2D eigenvalue weighted by Gasteiger charge is 2.00. The van der Waals surface area contributed by atoms with Gasteiger partial charge in [-0.05, 0) is 38.4 Å². The fourth-order valence-corrected chi connectivity index (χ4v) is 1.97. The van der Waals surface area contributed by atoms with Crippen LogP contribution in [0.15, 0.2) is 48.2 Å². The molecule has 0 atom stereocenters. The molecule has 18 heavy (non-hydrogen) atoms. The first-order chi connectivity index (χ1) is 8.77. The van der Waals surface area contributed by atoms with E-state index in [-0.39, 0.29) is 0 Å². The molecule has 0 radical (unpaired) electrons. The predicted molar refractivity (Wildman–Crippen MR) is 77.7 cm³/mol. The quantitative estimate of drug-likeness (QED) is 0.640. The Morgan fingerprint density at radius 1 is 1.22 bits per heavy atom. The monoisotopic (exact) mass is 240 g/mol. The van der Waals surface area contributed by atoms with Crippen LogP contribution < -0.4 is 5.32 Å². The van der Waals surface area contributed by atoms with Crippen molar-refractivity contribution in [3.8, 4) is 0 Å². The molecule has 0 aliphatic carbocycles. The molecule has 2 heteroatoms. The summed E-state index contributed by atoms with van der Waals surface area (Å²) in [5.41, 5.74) is 3.80. The van der Waals surface area contributed by atoms with Crippen LogP contribution in [-0.2, 0) is 6.42 Å². The van der Waals surface area contributed by atoms with Crippen LogP contribution in [-0.4, -0.2) is 18.1 Å². The van der Waals surface area contributed by atoms with Gasteiger partial charge in [-0.1, -0.05) is 35.9 Å². The number of nitrogens with zero attached hydrogens (tertiary/aromatic N) is 1. The Labute approximate surface area is 109 Å². The molecule has 1 heterocycles. The number of pyridine rings is 1. The normalized spacial score (nSPS) is 10.6. The van der Waals surface area contributed by atoms with E-state index in [0.29, 0.717) is 0 Å². The summed E-state index contributed by atoms with van der Waals surface area (Å²) in [6, 6.07) is 10.5. The van der Waals surface area contributed by atoms with Gasteiger partial charge in [-0.25, -0.2) is 0 Å². The van der Waals surface area contributed by atoms with Crippen molar-refractivity contribution >= 4 is 10.9 Å². The molecular formula is C16H20N2. The summed E-state index contributed by atoms with van der Waals surface area (Å²) < 4.78 is 0. The second kappa shape index (κ2) is 6.31. The van der Waals surface area contributed by atoms with Crippen molar-refractivity contribution in [3.05, 3.63) is 53.7 Å². The molecule has 2 rings (SSSR count). The Balaban J connectivity index is 1.97. The Hall–Kier alpha value is -1.67. The minimum atomic E-state index is 0.945. The van der Waals surface area contributed by atoms with E-state index < -0.39 is 0 Å². The van der Waals surface area contributed by atoms with Gasteiger partial charge in [-0.15, -0.1) is 0 Å². The highest BCUT2D eigenvalue weighted by molar-refractivity contribution is 5.81. The number of fused-ring (bicyclic) bond motifs is 1. The van der Waals surface area contributed by atoms with E-state index in [1.54, 1.807) is 0 Å². The highest BCUT2D eigenvalue weighted by Crippen LogP contribution is 2.15. The molecular weight excluding hydrogens is 220 g/mol. The van der Waals surface area contributed by atoms with Crippen LogP contribution in [0, 0.1) is 0 Å². The van der Waals surface area contributed by atoms with Crippen LogP contribution in [0.5, 0.6) is 0 Å². The third kappa shape index (κ3) is 3.41. The SMILES string of the molecule is CC(C)=CCNCCc1cccc2cccnc12. The number of aromatic nitrogens is 1. The van der Waals surface area contributed by atoms with Crippen molar-refractivity contribution in [3.63, 3.8) is 0 Å². The van der Waals surface area contributed by atoms with Crippen LogP contribution in [0.3, 0.4) is 0 Å². The van der Waals surface area contributed by atoms with Crippen molar-refractivity contribution in [2.75, 3.05) is 13.1 Å². The summed E-state index contributed by atoms with van der Waals surface area (Å²) in [6.45, 7) is 6.17. The van der Waals surface area contributed by atoms with Crippen LogP contribution in [0.2, 0.25) is 0 Å². The maximum absolute atomic E-state index is 4.47. The first-order valence-corrected chi connectivity index (χ1v) is 6.44. The minimum Gasteiger partial charge on any atom is -0.313 e. The fraction of sp³-hybridized carbons (Fsp3) is 0.312. The summed E-state index contributed by atoms with van der Waals surface area (Å²) in [6.07, 6.45) is 5.09. The van der Waals surface area contributed by atoms with E-state index in [0.717, 1.165) is 25.0 Å². The zero-order valence-corrected chi connectivity index (χ0v) is 11.1. The molecule has 1 N–H and O–H groups in total. The van der Waals surface area contributed by atoms with E-state index in [4.69, 9.17) is 0 Å². The molecule has 0 aliphatic heterocycles. The lowest BCUT2D eigenvalue weighted by atomic mass is 10.1. The second-order valence-electron chi connectivity index (χ2n) is 4.73. The van der Waals surface area contributed by atoms with Crippen molar-refractivity contribution in [1.29, 1.82) is 0 Å². The van der Waals surface area contributed by atoms with Gasteiger partial charge in [0.15, 0.2) is 0 Å². The number of hydrogen-bond donors (Lipinski definition) is 1. The molecule has 0 fully saturated rings. The van der Waals surface area contributed by atoms with Gasteiger partial charge in [0.2, 0.25) is 0 Å². The first kappa shape index (κ1) is 12.8. The molecule has 94 valence electrons. The molecule has 0 unspecified atom stereocenters. The molecule has 0 aliphatic rings. The zero-order valence-electron chi connectivity index (χ0n) is 11.1. The lowest BCUT2D eigenvalue weighted by Gasteiger charge is -2.06. The van der Waals surface area contributed by atoms with Gasteiger partial charge in [-0.2, -0.15) is 0 Å². The molecule has 0 amide bonds. The van der Waals surface area contributed by atoms with Gasteiger partial charge in [0, 0.05) is 18.1 Å². The largest absolute Gasteiger partial charge is 0.313 e. The van der Waals surface area contributed by atoms with Gasteiger partial charge < -0.3 is 5.32 Å². The van der Waals surface area contributed by atoms with Gasteiger partial charge in [0.25, 0.3) is 0 Å². The van der Waals surface area contributed by atoms with Crippen molar-refractivity contribution in [2.45, 2.75) is 20.3 Å². The molecule has 0 saturated carbocycles. The van der Waals surface area contributed by atoms with Gasteiger partial charge in [0.1, 0.15) is 0 Å². The molecule has 2 aromatic rings. The number of allylic oxidation sites excluding steroid dienone is 1. The zero-order chi connectivity index (χ0) is 12.8. The molecule has 0 bridgehead atoms. The maximum atomic E-state index is 4.47. The predicted octanol–water partition coefficient (Wildman–Crippen LogP) is 3.33. The topological polar surface area (TPSA) is 24.9 Å². The second-order valence-corrected chi connectivity index (χ2v) is 4.73. The smallest absolute Gasteiger partial charge is 0.0734 e. The lowest BCUT2D eigenvalue weighted by Crippen LogP contribution is -2.17. The van der Waals surface area contributed by atoms with E-state index in [2.05, 4.69) is 54.5 Å². The summed E-state index contributed by atoms with van der Waals surface area (Å²) >= 11 is 0. The number of benzene rings is 1. The van der Waals surface area contributed by atoms with Crippen LogP contribution in [0.1, 0.15) is 19.4 Å². The third-order valence-corrected chi connectivity index (χ3v) is 2.94. The van der Waals surface area contributed by atoms with E-state index in [1.807, 2.05) is 12.3 Å². The molecule has 1 aromatic heterocycles. The van der Waals surface area contributed by atoms with E-state index in [1.165, 1.54) is 16.5 Å². The average molecular weight is 240 g/mol. The lowest BCUT2D eigenvalue weighted by molar-refractivity contribution is 0.744. The number of rotatable bonds is 5. The van der Waals surface area contributed by atoms with Crippen LogP contribution in [0.4, 0.5) is 0 Å². The van der Waals surface area contributed by atoms with Crippen LogP contribution >= 0.6 is 0 Å². The standard InChI is InChI=1S/C16H20N2/c1-13(2)8-11-17-12-9-15-6-3-5-14-7-4-10-18-16(14)15/h3-8,10,17H,9,11-12H2,1-2H3. The van der Waals surface area contributed by atoms with Crippen molar-refractivity contribution in [2.24, 2.45) is 0 Å². The number of para-hydroxylation sites is 1. The Morgan fingerprint density at radius 3 is 2.89 bits per heavy atom. The van der Waals surface area contributed by atoms with E-state index in [9.17, 15) is 0 Å². The summed E-state index contributed by atoms with van der Waals surface area (Å²) in [5, 5.41) is 4.65.